The summed E-state index contributed by atoms with van der Waals surface area (Å²) in [5.74, 6) is 0.905. The van der Waals surface area contributed by atoms with Gasteiger partial charge in [0.15, 0.2) is 0 Å². The third-order valence-corrected chi connectivity index (χ3v) is 4.34. The van der Waals surface area contributed by atoms with Crippen LogP contribution in [0.25, 0.3) is 0 Å². The molecule has 0 atom stereocenters. The molecule has 0 radical (unpaired) electrons. The van der Waals surface area contributed by atoms with Crippen LogP contribution in [-0.4, -0.2) is 16.1 Å². The summed E-state index contributed by atoms with van der Waals surface area (Å²) < 4.78 is 0. The number of aromatic nitrogens is 1. The minimum atomic E-state index is -0.121. The fraction of sp³-hybridized carbons (Fsp3) is 0.357. The first-order valence-electron chi connectivity index (χ1n) is 6.32. The lowest BCUT2D eigenvalue weighted by Crippen LogP contribution is -2.26. The summed E-state index contributed by atoms with van der Waals surface area (Å²) in [4.78, 5) is 6.78. The van der Waals surface area contributed by atoms with Crippen LogP contribution in [0.15, 0.2) is 29.0 Å². The lowest BCUT2D eigenvalue weighted by Gasteiger charge is -2.23. The van der Waals surface area contributed by atoms with Crippen molar-refractivity contribution in [1.29, 1.82) is 0 Å². The number of rotatable bonds is 5. The molecular weight excluding hydrogens is 280 g/mol. The van der Waals surface area contributed by atoms with Crippen LogP contribution < -0.4 is 4.90 Å². The molecule has 0 aliphatic heterocycles. The Morgan fingerprint density at radius 2 is 2.21 bits per heavy atom. The second-order valence-electron chi connectivity index (χ2n) is 4.75. The number of pyridine rings is 1. The van der Waals surface area contributed by atoms with E-state index in [0.29, 0.717) is 16.8 Å². The quantitative estimate of drug-likeness (QED) is 0.917. The average Bonchev–Trinajstić information content (AvgIpc) is 3.14. The van der Waals surface area contributed by atoms with Gasteiger partial charge in [-0.25, -0.2) is 4.98 Å². The molecule has 3 nitrogen and oxygen atoms in total. The van der Waals surface area contributed by atoms with Gasteiger partial charge in [-0.3, -0.25) is 0 Å². The van der Waals surface area contributed by atoms with E-state index in [-0.39, 0.29) is 6.61 Å². The molecule has 1 N–H and O–H groups in total. The van der Waals surface area contributed by atoms with Gasteiger partial charge in [-0.15, -0.1) is 0 Å². The molecular formula is C14H15ClN2OS. The lowest BCUT2D eigenvalue weighted by atomic mass is 10.3. The Balaban J connectivity index is 1.87. The molecule has 5 heteroatoms. The lowest BCUT2D eigenvalue weighted by molar-refractivity contribution is 0.277. The number of aliphatic hydroxyl groups excluding tert-OH is 1. The minimum Gasteiger partial charge on any atom is -0.390 e. The molecule has 2 heterocycles. The molecule has 0 aromatic carbocycles. The number of anilines is 1. The molecule has 0 bridgehead atoms. The maximum Gasteiger partial charge on any atom is 0.129 e. The summed E-state index contributed by atoms with van der Waals surface area (Å²) >= 11 is 7.71. The first-order valence-corrected chi connectivity index (χ1v) is 7.64. The van der Waals surface area contributed by atoms with E-state index in [4.69, 9.17) is 11.6 Å². The molecule has 3 rings (SSSR count). The average molecular weight is 295 g/mol. The second-order valence-corrected chi connectivity index (χ2v) is 5.93. The number of hydrogen-bond donors (Lipinski definition) is 1. The van der Waals surface area contributed by atoms with Crippen LogP contribution in [0.1, 0.15) is 24.1 Å². The van der Waals surface area contributed by atoms with Gasteiger partial charge in [-0.1, -0.05) is 11.6 Å². The Bertz CT molecular complexity index is 555. The van der Waals surface area contributed by atoms with Crippen molar-refractivity contribution < 1.29 is 5.11 Å². The van der Waals surface area contributed by atoms with E-state index in [2.05, 4.69) is 26.7 Å². The summed E-state index contributed by atoms with van der Waals surface area (Å²) in [6.07, 6.45) is 2.42. The van der Waals surface area contributed by atoms with Crippen molar-refractivity contribution in [3.05, 3.63) is 45.2 Å². The van der Waals surface area contributed by atoms with Crippen molar-refractivity contribution >= 4 is 28.8 Å². The highest BCUT2D eigenvalue weighted by atomic mass is 35.5. The fourth-order valence-electron chi connectivity index (χ4n) is 2.11. The first-order chi connectivity index (χ1) is 9.28. The van der Waals surface area contributed by atoms with E-state index in [9.17, 15) is 5.11 Å². The van der Waals surface area contributed by atoms with E-state index < -0.39 is 0 Å². The van der Waals surface area contributed by atoms with E-state index in [1.165, 1.54) is 18.4 Å². The van der Waals surface area contributed by atoms with Crippen LogP contribution in [0.3, 0.4) is 0 Å². The maximum absolute atomic E-state index is 9.27. The van der Waals surface area contributed by atoms with Crippen LogP contribution in [0, 0.1) is 0 Å². The minimum absolute atomic E-state index is 0.121. The SMILES string of the molecule is OCc1nc(N(Cc2ccsc2)C2CC2)ccc1Cl. The Kier molecular flexibility index (Phi) is 3.73. The highest BCUT2D eigenvalue weighted by molar-refractivity contribution is 7.07. The van der Waals surface area contributed by atoms with Crippen molar-refractivity contribution in [2.24, 2.45) is 0 Å². The smallest absolute Gasteiger partial charge is 0.129 e. The summed E-state index contributed by atoms with van der Waals surface area (Å²) in [5, 5.41) is 14.1. The van der Waals surface area contributed by atoms with Crippen LogP contribution in [0.4, 0.5) is 5.82 Å². The van der Waals surface area contributed by atoms with E-state index in [0.717, 1.165) is 12.4 Å². The maximum atomic E-state index is 9.27. The zero-order valence-electron chi connectivity index (χ0n) is 10.4. The Hall–Kier alpha value is -1.10. The summed E-state index contributed by atoms with van der Waals surface area (Å²) in [6.45, 7) is 0.747. The van der Waals surface area contributed by atoms with Gasteiger partial charge in [-0.05, 0) is 47.4 Å². The highest BCUT2D eigenvalue weighted by Crippen LogP contribution is 2.33. The molecule has 2 aromatic heterocycles. The Morgan fingerprint density at radius 1 is 1.37 bits per heavy atom. The summed E-state index contributed by atoms with van der Waals surface area (Å²) in [7, 11) is 0. The second kappa shape index (κ2) is 5.49. The van der Waals surface area contributed by atoms with Gasteiger partial charge in [0.25, 0.3) is 0 Å². The van der Waals surface area contributed by atoms with E-state index >= 15 is 0 Å². The van der Waals surface area contributed by atoms with Gasteiger partial charge in [0.1, 0.15) is 5.82 Å². The number of aliphatic hydroxyl groups is 1. The van der Waals surface area contributed by atoms with Crippen LogP contribution in [-0.2, 0) is 13.2 Å². The fourth-order valence-corrected chi connectivity index (χ4v) is 2.93. The van der Waals surface area contributed by atoms with Crippen molar-refractivity contribution in [2.45, 2.75) is 32.0 Å². The van der Waals surface area contributed by atoms with Crippen molar-refractivity contribution in [1.82, 2.24) is 4.98 Å². The number of hydrogen-bond acceptors (Lipinski definition) is 4. The Morgan fingerprint density at radius 3 is 2.84 bits per heavy atom. The van der Waals surface area contributed by atoms with Gasteiger partial charge in [0.05, 0.1) is 17.3 Å². The molecule has 0 spiro atoms. The molecule has 0 unspecified atom stereocenters. The highest BCUT2D eigenvalue weighted by Gasteiger charge is 2.30. The van der Waals surface area contributed by atoms with Gasteiger partial charge >= 0.3 is 0 Å². The molecule has 1 fully saturated rings. The molecule has 1 saturated carbocycles. The van der Waals surface area contributed by atoms with Gasteiger partial charge < -0.3 is 10.0 Å². The predicted octanol–water partition coefficient (Wildman–Crippen LogP) is 3.46. The van der Waals surface area contributed by atoms with E-state index in [1.54, 1.807) is 11.3 Å². The van der Waals surface area contributed by atoms with Gasteiger partial charge in [0.2, 0.25) is 0 Å². The number of thiophene rings is 1. The third-order valence-electron chi connectivity index (χ3n) is 3.27. The first kappa shape index (κ1) is 12.9. The standard InChI is InChI=1S/C14H15ClN2OS/c15-12-3-4-14(16-13(12)8-18)17(11-1-2-11)7-10-5-6-19-9-10/h3-6,9,11,18H,1-2,7-8H2. The van der Waals surface area contributed by atoms with Crippen molar-refractivity contribution in [3.63, 3.8) is 0 Å². The van der Waals surface area contributed by atoms with Gasteiger partial charge in [0, 0.05) is 12.6 Å². The third kappa shape index (κ3) is 2.91. The molecule has 19 heavy (non-hydrogen) atoms. The molecule has 100 valence electrons. The molecule has 1 aliphatic rings. The molecule has 2 aromatic rings. The largest absolute Gasteiger partial charge is 0.390 e. The monoisotopic (exact) mass is 294 g/mol. The normalized spacial score (nSPS) is 14.6. The Labute approximate surface area is 121 Å². The van der Waals surface area contributed by atoms with Crippen LogP contribution in [0.5, 0.6) is 0 Å². The van der Waals surface area contributed by atoms with Crippen molar-refractivity contribution in [2.75, 3.05) is 4.90 Å². The van der Waals surface area contributed by atoms with E-state index in [1.807, 2.05) is 12.1 Å². The van der Waals surface area contributed by atoms with Crippen LogP contribution >= 0.6 is 22.9 Å². The topological polar surface area (TPSA) is 36.4 Å². The summed E-state index contributed by atoms with van der Waals surface area (Å²) in [6, 6.07) is 6.47. The predicted molar refractivity (Wildman–Crippen MR) is 78.7 cm³/mol. The molecule has 1 aliphatic carbocycles. The zero-order valence-corrected chi connectivity index (χ0v) is 12.0. The number of halogens is 1. The molecule has 0 saturated heterocycles. The number of nitrogens with zero attached hydrogens (tertiary/aromatic N) is 2. The zero-order chi connectivity index (χ0) is 13.2. The van der Waals surface area contributed by atoms with Crippen molar-refractivity contribution in [3.8, 4) is 0 Å². The molecule has 0 amide bonds. The van der Waals surface area contributed by atoms with Gasteiger partial charge in [-0.2, -0.15) is 11.3 Å². The summed E-state index contributed by atoms with van der Waals surface area (Å²) in [5.41, 5.74) is 1.86. The van der Waals surface area contributed by atoms with Crippen LogP contribution in [0.2, 0.25) is 5.02 Å².